The molecule has 1 heteroatoms. The summed E-state index contributed by atoms with van der Waals surface area (Å²) in [6.45, 7) is 4.27. The summed E-state index contributed by atoms with van der Waals surface area (Å²) in [4.78, 5) is 0. The fraction of sp³-hybridized carbons (Fsp3) is 0.200. The van der Waals surface area contributed by atoms with E-state index in [2.05, 4.69) is 74.5 Å². The number of halogens is 1. The fourth-order valence-corrected chi connectivity index (χ4v) is 2.96. The highest BCUT2D eigenvalue weighted by molar-refractivity contribution is 6.21. The molecule has 0 saturated heterocycles. The second-order valence-electron chi connectivity index (χ2n) is 5.70. The van der Waals surface area contributed by atoms with Crippen LogP contribution in [0.5, 0.6) is 0 Å². The highest BCUT2D eigenvalue weighted by atomic mass is 35.5. The first-order valence-corrected chi connectivity index (χ1v) is 7.76. The van der Waals surface area contributed by atoms with Crippen LogP contribution in [-0.4, -0.2) is 0 Å². The van der Waals surface area contributed by atoms with E-state index in [1.807, 2.05) is 0 Å². The summed E-state index contributed by atoms with van der Waals surface area (Å²) in [6, 6.07) is 21.5. The summed E-state index contributed by atoms with van der Waals surface area (Å²) in [6.07, 6.45) is 0.856. The lowest BCUT2D eigenvalue weighted by molar-refractivity contribution is 0.918. The van der Waals surface area contributed by atoms with E-state index in [-0.39, 0.29) is 5.38 Å². The third-order valence-electron chi connectivity index (χ3n) is 4.12. The van der Waals surface area contributed by atoms with Gasteiger partial charge in [0, 0.05) is 0 Å². The van der Waals surface area contributed by atoms with E-state index in [1.165, 1.54) is 33.0 Å². The van der Waals surface area contributed by atoms with E-state index in [9.17, 15) is 0 Å². The van der Waals surface area contributed by atoms with Gasteiger partial charge in [0.2, 0.25) is 0 Å². The van der Waals surface area contributed by atoms with Crippen LogP contribution in [0.2, 0.25) is 0 Å². The molecular formula is C20H19Cl. The average molecular weight is 295 g/mol. The van der Waals surface area contributed by atoms with Gasteiger partial charge in [-0.1, -0.05) is 60.7 Å². The molecule has 1 atom stereocenters. The molecule has 0 nitrogen and oxygen atoms in total. The predicted molar refractivity (Wildman–Crippen MR) is 92.2 cm³/mol. The SMILES string of the molecule is Cc1ccc(C(Cl)Cc2ccc3ccccc3c2)cc1C. The molecule has 0 amide bonds. The molecule has 1 unspecified atom stereocenters. The molecule has 0 N–H and O–H groups in total. The van der Waals surface area contributed by atoms with Gasteiger partial charge in [-0.15, -0.1) is 11.6 Å². The Morgan fingerprint density at radius 3 is 2.33 bits per heavy atom. The Hall–Kier alpha value is -1.79. The number of fused-ring (bicyclic) bond motifs is 1. The van der Waals surface area contributed by atoms with Crippen LogP contribution in [0.3, 0.4) is 0 Å². The Labute approximate surface area is 131 Å². The van der Waals surface area contributed by atoms with Gasteiger partial charge in [0.05, 0.1) is 5.38 Å². The van der Waals surface area contributed by atoms with Crippen molar-refractivity contribution in [1.29, 1.82) is 0 Å². The number of alkyl halides is 1. The highest BCUT2D eigenvalue weighted by Gasteiger charge is 2.10. The number of benzene rings is 3. The molecule has 0 spiro atoms. The summed E-state index contributed by atoms with van der Waals surface area (Å²) < 4.78 is 0. The van der Waals surface area contributed by atoms with E-state index < -0.39 is 0 Å². The first kappa shape index (κ1) is 14.2. The Balaban J connectivity index is 1.85. The molecule has 3 aromatic rings. The maximum Gasteiger partial charge on any atom is 0.0625 e. The maximum absolute atomic E-state index is 6.62. The first-order valence-electron chi connectivity index (χ1n) is 7.32. The van der Waals surface area contributed by atoms with Crippen molar-refractivity contribution >= 4 is 22.4 Å². The zero-order valence-electron chi connectivity index (χ0n) is 12.4. The zero-order chi connectivity index (χ0) is 14.8. The van der Waals surface area contributed by atoms with Crippen molar-refractivity contribution in [1.82, 2.24) is 0 Å². The summed E-state index contributed by atoms with van der Waals surface area (Å²) in [5, 5.41) is 2.57. The van der Waals surface area contributed by atoms with Gasteiger partial charge >= 0.3 is 0 Å². The lowest BCUT2D eigenvalue weighted by atomic mass is 9.98. The summed E-state index contributed by atoms with van der Waals surface area (Å²) in [5.41, 5.74) is 5.10. The van der Waals surface area contributed by atoms with Gasteiger partial charge in [-0.2, -0.15) is 0 Å². The van der Waals surface area contributed by atoms with Crippen molar-refractivity contribution in [2.75, 3.05) is 0 Å². The van der Waals surface area contributed by atoms with Crippen LogP contribution in [0, 0.1) is 13.8 Å². The van der Waals surface area contributed by atoms with E-state index in [0.29, 0.717) is 0 Å². The van der Waals surface area contributed by atoms with Gasteiger partial charge in [-0.3, -0.25) is 0 Å². The van der Waals surface area contributed by atoms with Crippen LogP contribution in [0.1, 0.15) is 27.6 Å². The maximum atomic E-state index is 6.62. The molecule has 3 rings (SSSR count). The molecule has 0 fully saturated rings. The van der Waals surface area contributed by atoms with E-state index in [4.69, 9.17) is 11.6 Å². The number of aryl methyl sites for hydroxylation is 2. The minimum absolute atomic E-state index is 0.0189. The summed E-state index contributed by atoms with van der Waals surface area (Å²) >= 11 is 6.62. The van der Waals surface area contributed by atoms with E-state index >= 15 is 0 Å². The van der Waals surface area contributed by atoms with Crippen LogP contribution < -0.4 is 0 Å². The smallest absolute Gasteiger partial charge is 0.0625 e. The standard InChI is InChI=1S/C20H19Cl/c1-14-7-9-19(11-15(14)2)20(21)13-16-8-10-17-5-3-4-6-18(17)12-16/h3-12,20H,13H2,1-2H3. The molecule has 106 valence electrons. The molecule has 0 radical (unpaired) electrons. The number of hydrogen-bond donors (Lipinski definition) is 0. The molecule has 0 aliphatic rings. The molecule has 0 heterocycles. The Kier molecular flexibility index (Phi) is 3.98. The van der Waals surface area contributed by atoms with Crippen LogP contribution >= 0.6 is 11.6 Å². The lowest BCUT2D eigenvalue weighted by Crippen LogP contribution is -1.97. The Bertz CT molecular complexity index is 774. The van der Waals surface area contributed by atoms with Crippen molar-refractivity contribution in [2.24, 2.45) is 0 Å². The van der Waals surface area contributed by atoms with Gasteiger partial charge < -0.3 is 0 Å². The second kappa shape index (κ2) is 5.91. The van der Waals surface area contributed by atoms with Crippen LogP contribution in [-0.2, 0) is 6.42 Å². The zero-order valence-corrected chi connectivity index (χ0v) is 13.2. The number of rotatable bonds is 3. The van der Waals surface area contributed by atoms with Crippen molar-refractivity contribution < 1.29 is 0 Å². The van der Waals surface area contributed by atoms with Gasteiger partial charge in [0.25, 0.3) is 0 Å². The highest BCUT2D eigenvalue weighted by Crippen LogP contribution is 2.28. The van der Waals surface area contributed by atoms with Crippen LogP contribution in [0.25, 0.3) is 10.8 Å². The van der Waals surface area contributed by atoms with Crippen molar-refractivity contribution in [2.45, 2.75) is 25.6 Å². The van der Waals surface area contributed by atoms with E-state index in [1.54, 1.807) is 0 Å². The lowest BCUT2D eigenvalue weighted by Gasteiger charge is -2.12. The molecule has 0 bridgehead atoms. The van der Waals surface area contributed by atoms with Crippen LogP contribution in [0.4, 0.5) is 0 Å². The monoisotopic (exact) mass is 294 g/mol. The summed E-state index contributed by atoms with van der Waals surface area (Å²) in [7, 11) is 0. The fourth-order valence-electron chi connectivity index (χ4n) is 2.65. The Morgan fingerprint density at radius 1 is 0.810 bits per heavy atom. The second-order valence-corrected chi connectivity index (χ2v) is 6.22. The average Bonchev–Trinajstić information content (AvgIpc) is 2.50. The molecule has 0 aliphatic carbocycles. The molecule has 3 aromatic carbocycles. The van der Waals surface area contributed by atoms with Gasteiger partial charge in [-0.25, -0.2) is 0 Å². The van der Waals surface area contributed by atoms with Gasteiger partial charge in [0.1, 0.15) is 0 Å². The molecule has 21 heavy (non-hydrogen) atoms. The predicted octanol–water partition coefficient (Wildman–Crippen LogP) is 5.98. The van der Waals surface area contributed by atoms with Gasteiger partial charge in [-0.05, 0) is 53.3 Å². The minimum Gasteiger partial charge on any atom is -0.117 e. The van der Waals surface area contributed by atoms with Crippen molar-refractivity contribution in [3.8, 4) is 0 Å². The third kappa shape index (κ3) is 3.11. The number of hydrogen-bond acceptors (Lipinski definition) is 0. The van der Waals surface area contributed by atoms with E-state index in [0.717, 1.165) is 6.42 Å². The Morgan fingerprint density at radius 2 is 1.57 bits per heavy atom. The van der Waals surface area contributed by atoms with Crippen LogP contribution in [0.15, 0.2) is 60.7 Å². The molecule has 0 aromatic heterocycles. The first-order chi connectivity index (χ1) is 10.1. The molecular weight excluding hydrogens is 276 g/mol. The van der Waals surface area contributed by atoms with Gasteiger partial charge in [0.15, 0.2) is 0 Å². The largest absolute Gasteiger partial charge is 0.117 e. The third-order valence-corrected chi connectivity index (χ3v) is 4.53. The molecule has 0 aliphatic heterocycles. The normalized spacial score (nSPS) is 12.5. The molecule has 0 saturated carbocycles. The van der Waals surface area contributed by atoms with Crippen molar-refractivity contribution in [3.05, 3.63) is 82.9 Å². The minimum atomic E-state index is 0.0189. The van der Waals surface area contributed by atoms with Crippen molar-refractivity contribution in [3.63, 3.8) is 0 Å². The topological polar surface area (TPSA) is 0 Å². The quantitative estimate of drug-likeness (QED) is 0.521. The summed E-state index contributed by atoms with van der Waals surface area (Å²) in [5.74, 6) is 0.